The van der Waals surface area contributed by atoms with E-state index < -0.39 is 16.2 Å². The highest BCUT2D eigenvalue weighted by atomic mass is 35.5. The number of hydrogen-bond acceptors (Lipinski definition) is 3. The van der Waals surface area contributed by atoms with Crippen molar-refractivity contribution in [2.45, 2.75) is 19.8 Å². The highest BCUT2D eigenvalue weighted by molar-refractivity contribution is 7.90. The third-order valence-electron chi connectivity index (χ3n) is 2.69. The van der Waals surface area contributed by atoms with E-state index in [-0.39, 0.29) is 16.3 Å². The van der Waals surface area contributed by atoms with Gasteiger partial charge in [-0.2, -0.15) is 12.7 Å². The Morgan fingerprint density at radius 3 is 2.65 bits per heavy atom. The van der Waals surface area contributed by atoms with Gasteiger partial charge in [0.05, 0.1) is 11.3 Å². The molecule has 1 rings (SSSR count). The number of nitrogens with zero attached hydrogens (tertiary/aromatic N) is 1. The third kappa shape index (κ3) is 4.36. The number of rotatable bonds is 7. The van der Waals surface area contributed by atoms with Gasteiger partial charge in [-0.25, -0.2) is 4.79 Å². The number of unbranched alkanes of at least 4 members (excludes halogenated alkanes) is 1. The predicted octanol–water partition coefficient (Wildman–Crippen LogP) is 2.43. The molecule has 0 aliphatic rings. The summed E-state index contributed by atoms with van der Waals surface area (Å²) >= 11 is 5.71. The van der Waals surface area contributed by atoms with Gasteiger partial charge in [-0.1, -0.05) is 24.9 Å². The number of carbonyl (C=O) groups is 1. The van der Waals surface area contributed by atoms with Crippen LogP contribution in [0.5, 0.6) is 0 Å². The van der Waals surface area contributed by atoms with Crippen LogP contribution in [0.4, 0.5) is 5.69 Å². The molecule has 0 aliphatic carbocycles. The molecule has 2 N–H and O–H groups in total. The van der Waals surface area contributed by atoms with Gasteiger partial charge in [0.1, 0.15) is 0 Å². The normalized spacial score (nSPS) is 11.6. The molecule has 8 heteroatoms. The van der Waals surface area contributed by atoms with E-state index in [1.807, 2.05) is 6.92 Å². The molecule has 0 fully saturated rings. The molecule has 0 spiro atoms. The van der Waals surface area contributed by atoms with Gasteiger partial charge in [-0.15, -0.1) is 0 Å². The number of halogens is 1. The molecule has 0 amide bonds. The summed E-state index contributed by atoms with van der Waals surface area (Å²) in [7, 11) is -2.34. The van der Waals surface area contributed by atoms with Gasteiger partial charge in [0.25, 0.3) is 0 Å². The number of nitrogens with one attached hydrogen (secondary N) is 1. The fourth-order valence-corrected chi connectivity index (χ4v) is 2.65. The Kier molecular flexibility index (Phi) is 5.79. The molecule has 0 aliphatic heterocycles. The van der Waals surface area contributed by atoms with Gasteiger partial charge in [-0.3, -0.25) is 4.72 Å². The second kappa shape index (κ2) is 6.92. The first-order valence-electron chi connectivity index (χ1n) is 6.05. The molecule has 1 aromatic rings. The number of carboxylic acid groups (broad SMARTS) is 1. The monoisotopic (exact) mass is 320 g/mol. The van der Waals surface area contributed by atoms with Crippen molar-refractivity contribution in [1.29, 1.82) is 0 Å². The van der Waals surface area contributed by atoms with Crippen LogP contribution in [0.2, 0.25) is 5.02 Å². The first kappa shape index (κ1) is 16.7. The maximum atomic E-state index is 12.1. The first-order chi connectivity index (χ1) is 9.27. The Balaban J connectivity index is 3.00. The quantitative estimate of drug-likeness (QED) is 0.807. The molecule has 0 heterocycles. The van der Waals surface area contributed by atoms with Crippen molar-refractivity contribution in [3.63, 3.8) is 0 Å². The van der Waals surface area contributed by atoms with Gasteiger partial charge >= 0.3 is 16.2 Å². The predicted molar refractivity (Wildman–Crippen MR) is 78.5 cm³/mol. The lowest BCUT2D eigenvalue weighted by molar-refractivity contribution is 0.0698. The zero-order chi connectivity index (χ0) is 15.3. The molecule has 20 heavy (non-hydrogen) atoms. The van der Waals surface area contributed by atoms with Crippen LogP contribution in [0, 0.1) is 0 Å². The summed E-state index contributed by atoms with van der Waals surface area (Å²) < 4.78 is 27.5. The van der Waals surface area contributed by atoms with E-state index in [0.29, 0.717) is 6.54 Å². The lowest BCUT2D eigenvalue weighted by atomic mass is 10.2. The van der Waals surface area contributed by atoms with Crippen LogP contribution in [0.15, 0.2) is 18.2 Å². The molecule has 0 radical (unpaired) electrons. The highest BCUT2D eigenvalue weighted by Crippen LogP contribution is 2.22. The molecule has 0 aromatic heterocycles. The van der Waals surface area contributed by atoms with Crippen molar-refractivity contribution in [3.8, 4) is 0 Å². The summed E-state index contributed by atoms with van der Waals surface area (Å²) in [6, 6.07) is 3.96. The molecule has 112 valence electrons. The summed E-state index contributed by atoms with van der Waals surface area (Å²) in [5.74, 6) is -1.25. The van der Waals surface area contributed by atoms with E-state index in [1.54, 1.807) is 0 Å². The Bertz CT molecular complexity index is 589. The minimum Gasteiger partial charge on any atom is -0.478 e. The maximum Gasteiger partial charge on any atom is 0.337 e. The number of benzene rings is 1. The van der Waals surface area contributed by atoms with Crippen molar-refractivity contribution < 1.29 is 18.3 Å². The molecule has 0 bridgehead atoms. The molecule has 0 atom stereocenters. The third-order valence-corrected chi connectivity index (χ3v) is 4.40. The minimum absolute atomic E-state index is 0.00903. The maximum absolute atomic E-state index is 12.1. The fraction of sp³-hybridized carbons (Fsp3) is 0.417. The van der Waals surface area contributed by atoms with Crippen molar-refractivity contribution in [1.82, 2.24) is 4.31 Å². The number of aromatic carboxylic acids is 1. The first-order valence-corrected chi connectivity index (χ1v) is 7.86. The van der Waals surface area contributed by atoms with Crippen molar-refractivity contribution >= 4 is 33.5 Å². The van der Waals surface area contributed by atoms with Crippen LogP contribution in [-0.2, 0) is 10.2 Å². The number of anilines is 1. The van der Waals surface area contributed by atoms with Crippen molar-refractivity contribution in [2.24, 2.45) is 0 Å². The zero-order valence-corrected chi connectivity index (χ0v) is 12.8. The van der Waals surface area contributed by atoms with E-state index in [2.05, 4.69) is 4.72 Å². The van der Waals surface area contributed by atoms with E-state index in [9.17, 15) is 13.2 Å². The SMILES string of the molecule is CCCCN(C)S(=O)(=O)Nc1ccc(Cl)cc1C(=O)O. The Morgan fingerprint density at radius 1 is 1.45 bits per heavy atom. The van der Waals surface area contributed by atoms with E-state index in [4.69, 9.17) is 16.7 Å². The van der Waals surface area contributed by atoms with Crippen molar-refractivity contribution in [2.75, 3.05) is 18.3 Å². The van der Waals surface area contributed by atoms with Crippen LogP contribution in [-0.4, -0.2) is 37.4 Å². The molecule has 0 unspecified atom stereocenters. The van der Waals surface area contributed by atoms with Crippen LogP contribution in [0.25, 0.3) is 0 Å². The Hall–Kier alpha value is -1.31. The lowest BCUT2D eigenvalue weighted by Gasteiger charge is -2.18. The van der Waals surface area contributed by atoms with Gasteiger partial charge in [-0.05, 0) is 24.6 Å². The van der Waals surface area contributed by atoms with Crippen LogP contribution < -0.4 is 4.72 Å². The lowest BCUT2D eigenvalue weighted by Crippen LogP contribution is -2.33. The summed E-state index contributed by atoms with van der Waals surface area (Å²) in [5, 5.41) is 9.29. The number of hydrogen-bond donors (Lipinski definition) is 2. The van der Waals surface area contributed by atoms with E-state index in [1.165, 1.54) is 25.2 Å². The molecule has 1 aromatic carbocycles. The molecular weight excluding hydrogens is 304 g/mol. The van der Waals surface area contributed by atoms with Crippen LogP contribution >= 0.6 is 11.6 Å². The van der Waals surface area contributed by atoms with E-state index in [0.717, 1.165) is 17.1 Å². The highest BCUT2D eigenvalue weighted by Gasteiger charge is 2.20. The van der Waals surface area contributed by atoms with E-state index >= 15 is 0 Å². The summed E-state index contributed by atoms with van der Waals surface area (Å²) in [6.45, 7) is 2.32. The van der Waals surface area contributed by atoms with Gasteiger partial charge in [0, 0.05) is 18.6 Å². The second-order valence-electron chi connectivity index (χ2n) is 4.28. The average molecular weight is 321 g/mol. The second-order valence-corrected chi connectivity index (χ2v) is 6.49. The van der Waals surface area contributed by atoms with Crippen LogP contribution in [0.1, 0.15) is 30.1 Å². The fourth-order valence-electron chi connectivity index (χ4n) is 1.50. The summed E-state index contributed by atoms with van der Waals surface area (Å²) in [5.41, 5.74) is -0.199. The molecular formula is C12H17ClN2O4S. The molecule has 0 saturated heterocycles. The van der Waals surface area contributed by atoms with Crippen LogP contribution in [0.3, 0.4) is 0 Å². The average Bonchev–Trinajstić information content (AvgIpc) is 2.37. The molecule has 6 nitrogen and oxygen atoms in total. The Labute approximate surface area is 123 Å². The van der Waals surface area contributed by atoms with Gasteiger partial charge in [0.2, 0.25) is 0 Å². The topological polar surface area (TPSA) is 86.7 Å². The summed E-state index contributed by atoms with van der Waals surface area (Å²) in [6.07, 6.45) is 1.59. The number of carboxylic acids is 1. The zero-order valence-electron chi connectivity index (χ0n) is 11.3. The Morgan fingerprint density at radius 2 is 2.10 bits per heavy atom. The smallest absolute Gasteiger partial charge is 0.337 e. The molecule has 0 saturated carbocycles. The van der Waals surface area contributed by atoms with Gasteiger partial charge < -0.3 is 5.11 Å². The summed E-state index contributed by atoms with van der Waals surface area (Å²) in [4.78, 5) is 11.1. The van der Waals surface area contributed by atoms with Crippen molar-refractivity contribution in [3.05, 3.63) is 28.8 Å². The van der Waals surface area contributed by atoms with Gasteiger partial charge in [0.15, 0.2) is 0 Å². The largest absolute Gasteiger partial charge is 0.478 e. The minimum atomic E-state index is -3.78. The standard InChI is InChI=1S/C12H17ClN2O4S/c1-3-4-7-15(2)20(18,19)14-11-6-5-9(13)8-10(11)12(16)17/h5-6,8,14H,3-4,7H2,1-2H3,(H,16,17).